The quantitative estimate of drug-likeness (QED) is 0.348. The van der Waals surface area contributed by atoms with E-state index in [2.05, 4.69) is 4.99 Å². The third-order valence-electron chi connectivity index (χ3n) is 2.88. The van der Waals surface area contributed by atoms with Gasteiger partial charge in [-0.3, -0.25) is 14.9 Å². The summed E-state index contributed by atoms with van der Waals surface area (Å²) in [6, 6.07) is 6.17. The second-order valence-corrected chi connectivity index (χ2v) is 4.17. The van der Waals surface area contributed by atoms with Crippen LogP contribution in [0.3, 0.4) is 0 Å². The van der Waals surface area contributed by atoms with Gasteiger partial charge in [0, 0.05) is 18.1 Å². The van der Waals surface area contributed by atoms with Crippen LogP contribution in [0.25, 0.3) is 0 Å². The van der Waals surface area contributed by atoms with Gasteiger partial charge in [0.25, 0.3) is 11.6 Å². The van der Waals surface area contributed by atoms with Crippen LogP contribution in [0.2, 0.25) is 0 Å². The van der Waals surface area contributed by atoms with Crippen LogP contribution in [0.15, 0.2) is 29.3 Å². The summed E-state index contributed by atoms with van der Waals surface area (Å²) in [5.41, 5.74) is 11.2. The normalized spacial score (nSPS) is 21.1. The van der Waals surface area contributed by atoms with Crippen LogP contribution in [-0.2, 0) is 4.79 Å². The van der Waals surface area contributed by atoms with E-state index in [0.717, 1.165) is 5.56 Å². The number of aliphatic imine (C=N–C) groups is 1. The van der Waals surface area contributed by atoms with Crippen LogP contribution in [0.1, 0.15) is 17.9 Å². The van der Waals surface area contributed by atoms with E-state index in [1.807, 2.05) is 0 Å². The molecule has 1 aromatic carbocycles. The number of carbonyl (C=O) groups is 1. The predicted molar refractivity (Wildman–Crippen MR) is 64.8 cm³/mol. The first-order valence-corrected chi connectivity index (χ1v) is 5.37. The lowest BCUT2D eigenvalue weighted by atomic mass is 10.1. The molecule has 0 aliphatic heterocycles. The van der Waals surface area contributed by atoms with Crippen LogP contribution in [-0.4, -0.2) is 16.8 Å². The molecule has 7 heteroatoms. The zero-order valence-corrected chi connectivity index (χ0v) is 9.45. The van der Waals surface area contributed by atoms with Gasteiger partial charge < -0.3 is 11.5 Å². The molecular weight excluding hydrogens is 236 g/mol. The average molecular weight is 248 g/mol. The summed E-state index contributed by atoms with van der Waals surface area (Å²) in [4.78, 5) is 25.0. The minimum Gasteiger partial charge on any atom is -0.370 e. The maximum absolute atomic E-state index is 11.5. The van der Waals surface area contributed by atoms with Gasteiger partial charge in [-0.2, -0.15) is 4.99 Å². The molecule has 2 atom stereocenters. The van der Waals surface area contributed by atoms with Crippen LogP contribution in [0.5, 0.6) is 0 Å². The third-order valence-corrected chi connectivity index (χ3v) is 2.88. The molecule has 0 saturated heterocycles. The number of non-ortho nitro benzene ring substituents is 1. The zero-order chi connectivity index (χ0) is 13.3. The Labute approximate surface area is 103 Å². The molecule has 1 amide bonds. The topological polar surface area (TPSA) is 125 Å². The molecule has 0 spiro atoms. The first-order valence-electron chi connectivity index (χ1n) is 5.37. The number of amides is 1. The largest absolute Gasteiger partial charge is 0.370 e. The van der Waals surface area contributed by atoms with Gasteiger partial charge in [-0.25, -0.2) is 0 Å². The molecule has 1 aromatic rings. The van der Waals surface area contributed by atoms with Crippen molar-refractivity contribution in [3.05, 3.63) is 39.9 Å². The summed E-state index contributed by atoms with van der Waals surface area (Å²) >= 11 is 0. The number of benzene rings is 1. The molecule has 0 aromatic heterocycles. The lowest BCUT2D eigenvalue weighted by molar-refractivity contribution is -0.384. The lowest BCUT2D eigenvalue weighted by Gasteiger charge is -1.98. The van der Waals surface area contributed by atoms with Gasteiger partial charge in [0.05, 0.1) is 4.92 Å². The number of guanidine groups is 1. The molecular formula is C11H12N4O3. The van der Waals surface area contributed by atoms with Crippen LogP contribution >= 0.6 is 0 Å². The minimum atomic E-state index is -0.460. The van der Waals surface area contributed by atoms with E-state index in [1.54, 1.807) is 12.1 Å². The van der Waals surface area contributed by atoms with Crippen molar-refractivity contribution >= 4 is 17.6 Å². The SMILES string of the molecule is NC(N)=NC(=O)[C@@H]1C[C@H]1c1ccc([N+](=O)[O-])cc1. The Balaban J connectivity index is 2.05. The molecule has 18 heavy (non-hydrogen) atoms. The molecule has 2 rings (SSSR count). The van der Waals surface area contributed by atoms with Gasteiger partial charge in [0.15, 0.2) is 5.96 Å². The molecule has 1 aliphatic carbocycles. The highest BCUT2D eigenvalue weighted by atomic mass is 16.6. The standard InChI is InChI=1S/C11H12N4O3/c12-11(13)14-10(16)9-5-8(9)6-1-3-7(4-2-6)15(17)18/h1-4,8-9H,5H2,(H4,12,13,14,16)/t8-,9+/m0/s1. The first-order chi connectivity index (χ1) is 8.49. The van der Waals surface area contributed by atoms with E-state index in [0.29, 0.717) is 6.42 Å². The summed E-state index contributed by atoms with van der Waals surface area (Å²) < 4.78 is 0. The Morgan fingerprint density at radius 3 is 2.44 bits per heavy atom. The minimum absolute atomic E-state index is 0.0338. The van der Waals surface area contributed by atoms with Gasteiger partial charge in [0.2, 0.25) is 0 Å². The van der Waals surface area contributed by atoms with Gasteiger partial charge in [-0.1, -0.05) is 12.1 Å². The van der Waals surface area contributed by atoms with Gasteiger partial charge in [-0.05, 0) is 17.9 Å². The van der Waals surface area contributed by atoms with Crippen molar-refractivity contribution in [2.45, 2.75) is 12.3 Å². The summed E-state index contributed by atoms with van der Waals surface area (Å²) in [6.45, 7) is 0. The van der Waals surface area contributed by atoms with E-state index < -0.39 is 4.92 Å². The van der Waals surface area contributed by atoms with Crippen molar-refractivity contribution in [2.24, 2.45) is 22.4 Å². The fourth-order valence-corrected chi connectivity index (χ4v) is 1.89. The number of carbonyl (C=O) groups excluding carboxylic acids is 1. The van der Waals surface area contributed by atoms with E-state index in [4.69, 9.17) is 11.5 Å². The summed E-state index contributed by atoms with van der Waals surface area (Å²) in [5, 5.41) is 10.5. The van der Waals surface area contributed by atoms with Crippen LogP contribution in [0.4, 0.5) is 5.69 Å². The summed E-state index contributed by atoms with van der Waals surface area (Å²) in [6.07, 6.45) is 0.674. The number of nitro groups is 1. The van der Waals surface area contributed by atoms with E-state index >= 15 is 0 Å². The third kappa shape index (κ3) is 2.45. The van der Waals surface area contributed by atoms with Gasteiger partial charge >= 0.3 is 0 Å². The Morgan fingerprint density at radius 1 is 1.33 bits per heavy atom. The maximum Gasteiger partial charge on any atom is 0.269 e. The van der Waals surface area contributed by atoms with E-state index in [9.17, 15) is 14.9 Å². The average Bonchev–Trinajstić information content (AvgIpc) is 3.08. The Kier molecular flexibility index (Phi) is 2.97. The van der Waals surface area contributed by atoms with Crippen LogP contribution in [0, 0.1) is 16.0 Å². The maximum atomic E-state index is 11.5. The molecule has 1 aliphatic rings. The summed E-state index contributed by atoms with van der Waals surface area (Å²) in [7, 11) is 0. The monoisotopic (exact) mass is 248 g/mol. The highest BCUT2D eigenvalue weighted by Crippen LogP contribution is 2.48. The molecule has 7 nitrogen and oxygen atoms in total. The van der Waals surface area contributed by atoms with Crippen molar-refractivity contribution in [3.8, 4) is 0 Å². The predicted octanol–water partition coefficient (Wildman–Crippen LogP) is 0.498. The number of nitrogens with zero attached hydrogens (tertiary/aromatic N) is 2. The second-order valence-electron chi connectivity index (χ2n) is 4.17. The molecule has 94 valence electrons. The van der Waals surface area contributed by atoms with E-state index in [1.165, 1.54) is 12.1 Å². The molecule has 1 fully saturated rings. The molecule has 4 N–H and O–H groups in total. The molecule has 0 radical (unpaired) electrons. The number of rotatable bonds is 3. The van der Waals surface area contributed by atoms with Crippen molar-refractivity contribution in [2.75, 3.05) is 0 Å². The molecule has 0 heterocycles. The Hall–Kier alpha value is -2.44. The van der Waals surface area contributed by atoms with Crippen molar-refractivity contribution in [1.82, 2.24) is 0 Å². The zero-order valence-electron chi connectivity index (χ0n) is 9.45. The number of nitrogens with two attached hydrogens (primary N) is 2. The fourth-order valence-electron chi connectivity index (χ4n) is 1.89. The highest BCUT2D eigenvalue weighted by molar-refractivity contribution is 5.94. The molecule has 0 bridgehead atoms. The first kappa shape index (κ1) is 12.0. The molecule has 1 saturated carbocycles. The fraction of sp³-hybridized carbons (Fsp3) is 0.273. The summed E-state index contributed by atoms with van der Waals surface area (Å²) in [5.74, 6) is -0.734. The number of nitro benzene ring substituents is 1. The van der Waals surface area contributed by atoms with Crippen molar-refractivity contribution in [3.63, 3.8) is 0 Å². The van der Waals surface area contributed by atoms with Gasteiger partial charge in [-0.15, -0.1) is 0 Å². The van der Waals surface area contributed by atoms with Crippen molar-refractivity contribution < 1.29 is 9.72 Å². The number of hydrogen-bond donors (Lipinski definition) is 2. The number of hydrogen-bond acceptors (Lipinski definition) is 3. The van der Waals surface area contributed by atoms with Gasteiger partial charge in [0.1, 0.15) is 0 Å². The van der Waals surface area contributed by atoms with E-state index in [-0.39, 0.29) is 29.4 Å². The second kappa shape index (κ2) is 4.44. The van der Waals surface area contributed by atoms with Crippen molar-refractivity contribution in [1.29, 1.82) is 0 Å². The highest BCUT2D eigenvalue weighted by Gasteiger charge is 2.44. The Bertz CT molecular complexity index is 520. The van der Waals surface area contributed by atoms with Crippen LogP contribution < -0.4 is 11.5 Å². The lowest BCUT2D eigenvalue weighted by Crippen LogP contribution is -2.24. The molecule has 0 unspecified atom stereocenters. The Morgan fingerprint density at radius 2 is 1.94 bits per heavy atom. The smallest absolute Gasteiger partial charge is 0.269 e.